The Morgan fingerprint density at radius 3 is 2.37 bits per heavy atom. The van der Waals surface area contributed by atoms with Crippen LogP contribution in [0, 0.1) is 6.57 Å². The first kappa shape index (κ1) is 33.1. The molecule has 10 nitrogen and oxygen atoms in total. The van der Waals surface area contributed by atoms with Crippen LogP contribution < -0.4 is 9.46 Å². The van der Waals surface area contributed by atoms with Gasteiger partial charge in [-0.3, -0.25) is 0 Å². The van der Waals surface area contributed by atoms with Crippen LogP contribution in [0.25, 0.3) is 21.5 Å². The summed E-state index contributed by atoms with van der Waals surface area (Å²) < 4.78 is 29.5. The highest BCUT2D eigenvalue weighted by molar-refractivity contribution is 7.84. The van der Waals surface area contributed by atoms with Gasteiger partial charge in [0, 0.05) is 18.7 Å². The normalized spacial score (nSPS) is 15.7. The lowest BCUT2D eigenvalue weighted by molar-refractivity contribution is 0.0283. The molecule has 5 rings (SSSR count). The third kappa shape index (κ3) is 7.58. The number of hydrogen-bond acceptors (Lipinski definition) is 6. The predicted molar refractivity (Wildman–Crippen MR) is 179 cm³/mol. The number of aromatic nitrogens is 2. The third-order valence-corrected chi connectivity index (χ3v) is 9.64. The molecule has 2 aromatic heterocycles. The van der Waals surface area contributed by atoms with Crippen molar-refractivity contribution >= 4 is 28.3 Å². The maximum absolute atomic E-state index is 13.5. The fourth-order valence-corrected chi connectivity index (χ4v) is 6.34. The van der Waals surface area contributed by atoms with Crippen LogP contribution in [-0.2, 0) is 27.9 Å². The fourth-order valence-electron chi connectivity index (χ4n) is 5.35. The average molecular weight is 644 g/mol. The second-order valence-corrected chi connectivity index (χ2v) is 15.3. The molecule has 242 valence electrons. The summed E-state index contributed by atoms with van der Waals surface area (Å²) in [5, 5.41) is 14.6. The van der Waals surface area contributed by atoms with E-state index in [0.717, 1.165) is 22.3 Å². The number of benzene rings is 2. The smallest absolute Gasteiger partial charge is 0.410 e. The number of rotatable bonds is 9. The standard InChI is InChI=1S/C35H41N5O5S/c1-33(2,3)46(43)38-35(16-18-39(19-17-35)32(41)44-23-25-10-8-7-9-11-25)27-14-12-26(13-15-27)29-20-28(45-24-34(4,5)42)22-40-31(29)30(36-6)21-37-40/h7-15,20-22,38,42H,16-19,23-24H2,1-5H3. The summed E-state index contributed by atoms with van der Waals surface area (Å²) >= 11 is 0. The maximum atomic E-state index is 13.5. The van der Waals surface area contributed by atoms with Crippen LogP contribution in [0.4, 0.5) is 10.5 Å². The van der Waals surface area contributed by atoms with Crippen molar-refractivity contribution in [1.82, 2.24) is 19.2 Å². The zero-order valence-electron chi connectivity index (χ0n) is 26.9. The molecule has 4 aromatic rings. The summed E-state index contributed by atoms with van der Waals surface area (Å²) in [6, 6.07) is 19.4. The van der Waals surface area contributed by atoms with Crippen LogP contribution >= 0.6 is 0 Å². The number of aliphatic hydroxyl groups is 1. The van der Waals surface area contributed by atoms with E-state index >= 15 is 0 Å². The summed E-state index contributed by atoms with van der Waals surface area (Å²) in [7, 11) is -1.36. The molecule has 2 aromatic carbocycles. The molecule has 46 heavy (non-hydrogen) atoms. The van der Waals surface area contributed by atoms with Crippen LogP contribution in [-0.4, -0.2) is 60.0 Å². The molecule has 0 aliphatic carbocycles. The van der Waals surface area contributed by atoms with Crippen LogP contribution in [0.15, 0.2) is 73.1 Å². The Balaban J connectivity index is 1.42. The van der Waals surface area contributed by atoms with E-state index in [9.17, 15) is 14.1 Å². The first-order valence-electron chi connectivity index (χ1n) is 15.3. The van der Waals surface area contributed by atoms with Crippen molar-refractivity contribution in [2.24, 2.45) is 0 Å². The number of nitrogens with zero attached hydrogens (tertiary/aromatic N) is 4. The number of pyridine rings is 1. The van der Waals surface area contributed by atoms with E-state index in [4.69, 9.17) is 16.0 Å². The summed E-state index contributed by atoms with van der Waals surface area (Å²) in [6.45, 7) is 18.0. The van der Waals surface area contributed by atoms with E-state index < -0.39 is 26.9 Å². The largest absolute Gasteiger partial charge is 0.489 e. The highest BCUT2D eigenvalue weighted by atomic mass is 32.2. The Morgan fingerprint density at radius 2 is 1.76 bits per heavy atom. The number of hydrogen-bond donors (Lipinski definition) is 2. The summed E-state index contributed by atoms with van der Waals surface area (Å²) in [4.78, 5) is 18.3. The Hall–Kier alpha value is -4.24. The van der Waals surface area contributed by atoms with Gasteiger partial charge in [0.1, 0.15) is 19.0 Å². The van der Waals surface area contributed by atoms with Gasteiger partial charge in [0.2, 0.25) is 5.69 Å². The molecular formula is C35H41N5O5S. The predicted octanol–water partition coefficient (Wildman–Crippen LogP) is 6.38. The number of nitrogens with one attached hydrogen (secondary N) is 1. The van der Waals surface area contributed by atoms with Crippen molar-refractivity contribution in [3.8, 4) is 16.9 Å². The Labute approximate surface area is 272 Å². The van der Waals surface area contributed by atoms with E-state index in [2.05, 4.69) is 14.7 Å². The fraction of sp³-hybridized carbons (Fsp3) is 0.400. The topological polar surface area (TPSA) is 110 Å². The number of ether oxygens (including phenoxy) is 2. The lowest BCUT2D eigenvalue weighted by Gasteiger charge is -2.43. The van der Waals surface area contributed by atoms with Crippen LogP contribution in [0.2, 0.25) is 0 Å². The van der Waals surface area contributed by atoms with E-state index in [1.54, 1.807) is 29.5 Å². The number of likely N-dealkylation sites (tertiary alicyclic amines) is 1. The Kier molecular flexibility index (Phi) is 9.54. The minimum absolute atomic E-state index is 0.0871. The number of piperidine rings is 1. The molecule has 1 amide bonds. The second-order valence-electron chi connectivity index (χ2n) is 13.3. The molecule has 1 aliphatic rings. The van der Waals surface area contributed by atoms with Crippen LogP contribution in [0.3, 0.4) is 0 Å². The van der Waals surface area contributed by atoms with Crippen molar-refractivity contribution in [2.75, 3.05) is 19.7 Å². The molecule has 1 atom stereocenters. The van der Waals surface area contributed by atoms with Gasteiger partial charge >= 0.3 is 6.09 Å². The number of carbonyl (C=O) groups is 1. The van der Waals surface area contributed by atoms with Gasteiger partial charge < -0.3 is 19.5 Å². The monoisotopic (exact) mass is 643 g/mol. The Bertz CT molecular complexity index is 1740. The van der Waals surface area contributed by atoms with Crippen molar-refractivity contribution in [3.05, 3.63) is 95.6 Å². The first-order valence-corrected chi connectivity index (χ1v) is 16.4. The zero-order chi connectivity index (χ0) is 33.1. The number of carbonyl (C=O) groups excluding carboxylic acids is 1. The van der Waals surface area contributed by atoms with E-state index in [0.29, 0.717) is 42.9 Å². The second kappa shape index (κ2) is 13.2. The maximum Gasteiger partial charge on any atom is 0.410 e. The molecule has 0 bridgehead atoms. The minimum atomic E-state index is -1.36. The Morgan fingerprint density at radius 1 is 1.09 bits per heavy atom. The van der Waals surface area contributed by atoms with Crippen molar-refractivity contribution in [3.63, 3.8) is 0 Å². The summed E-state index contributed by atoms with van der Waals surface area (Å²) in [5.74, 6) is 0.513. The van der Waals surface area contributed by atoms with E-state index in [1.807, 2.05) is 81.4 Å². The number of amides is 1. The molecular weight excluding hydrogens is 602 g/mol. The zero-order valence-corrected chi connectivity index (χ0v) is 27.8. The average Bonchev–Trinajstić information content (AvgIpc) is 3.45. The lowest BCUT2D eigenvalue weighted by Crippen LogP contribution is -2.55. The summed E-state index contributed by atoms with van der Waals surface area (Å²) in [6.07, 6.45) is 3.95. The van der Waals surface area contributed by atoms with Crippen molar-refractivity contribution in [2.45, 2.75) is 70.0 Å². The molecule has 0 saturated carbocycles. The molecule has 1 aliphatic heterocycles. The minimum Gasteiger partial charge on any atom is -0.489 e. The highest BCUT2D eigenvalue weighted by Gasteiger charge is 2.41. The SMILES string of the molecule is [C-]#[N+]c1cnn2cc(OCC(C)(C)O)cc(-c3ccc(C4(NS(=O)C(C)(C)C)CCN(C(=O)OCc5ccccc5)CC4)cc3)c12. The molecule has 11 heteroatoms. The van der Waals surface area contributed by atoms with Gasteiger partial charge in [-0.2, -0.15) is 5.10 Å². The molecule has 1 unspecified atom stereocenters. The van der Waals surface area contributed by atoms with Crippen LogP contribution in [0.1, 0.15) is 58.6 Å². The van der Waals surface area contributed by atoms with E-state index in [1.165, 1.54) is 6.20 Å². The third-order valence-electron chi connectivity index (χ3n) is 7.95. The van der Waals surface area contributed by atoms with Crippen molar-refractivity contribution in [1.29, 1.82) is 0 Å². The van der Waals surface area contributed by atoms with Gasteiger partial charge in [0.15, 0.2) is 0 Å². The quantitative estimate of drug-likeness (QED) is 0.205. The number of fused-ring (bicyclic) bond motifs is 1. The van der Waals surface area contributed by atoms with Gasteiger partial charge in [0.25, 0.3) is 0 Å². The molecule has 1 fully saturated rings. The molecule has 1 saturated heterocycles. The van der Waals surface area contributed by atoms with E-state index in [-0.39, 0.29) is 19.3 Å². The van der Waals surface area contributed by atoms with Gasteiger partial charge in [-0.25, -0.2) is 23.1 Å². The van der Waals surface area contributed by atoms with Crippen molar-refractivity contribution < 1.29 is 23.6 Å². The van der Waals surface area contributed by atoms with Gasteiger partial charge in [-0.15, -0.1) is 0 Å². The van der Waals surface area contributed by atoms with Gasteiger partial charge in [0.05, 0.1) is 51.4 Å². The molecule has 2 N–H and O–H groups in total. The molecule has 3 heterocycles. The first-order chi connectivity index (χ1) is 21.8. The molecule has 0 radical (unpaired) electrons. The highest BCUT2D eigenvalue weighted by Crippen LogP contribution is 2.38. The van der Waals surface area contributed by atoms with Crippen LogP contribution in [0.5, 0.6) is 5.75 Å². The molecule has 0 spiro atoms. The van der Waals surface area contributed by atoms with Gasteiger partial charge in [-0.05, 0) is 70.2 Å². The lowest BCUT2D eigenvalue weighted by atomic mass is 9.81. The van der Waals surface area contributed by atoms with Gasteiger partial charge in [-0.1, -0.05) is 54.6 Å². The summed E-state index contributed by atoms with van der Waals surface area (Å²) in [5.41, 5.74) is 2.90.